The first-order chi connectivity index (χ1) is 5.83. The van der Waals surface area contributed by atoms with Gasteiger partial charge in [-0.3, -0.25) is 0 Å². The molecule has 0 spiro atoms. The first-order valence-corrected chi connectivity index (χ1v) is 5.44. The van der Waals surface area contributed by atoms with Gasteiger partial charge in [0.25, 0.3) is 0 Å². The van der Waals surface area contributed by atoms with Crippen molar-refractivity contribution >= 4 is 13.5 Å². The quantitative estimate of drug-likeness (QED) is 0.397. The standard InChI is InChI=1S/C7H18N3O2P/c1-7(9(2)3)8-13(11,12-6)10(4)5/h1-6H3/b8-7-. The van der Waals surface area contributed by atoms with Crippen LogP contribution in [0.2, 0.25) is 0 Å². The van der Waals surface area contributed by atoms with Crippen molar-refractivity contribution in [1.29, 1.82) is 0 Å². The van der Waals surface area contributed by atoms with Gasteiger partial charge >= 0.3 is 7.67 Å². The molecule has 0 aromatic heterocycles. The molecule has 0 saturated carbocycles. The van der Waals surface area contributed by atoms with Crippen LogP contribution in [-0.2, 0) is 9.09 Å². The lowest BCUT2D eigenvalue weighted by Crippen LogP contribution is -2.20. The monoisotopic (exact) mass is 207 g/mol. The minimum absolute atomic E-state index is 0.680. The topological polar surface area (TPSA) is 45.1 Å². The van der Waals surface area contributed by atoms with Gasteiger partial charge in [0.1, 0.15) is 5.84 Å². The maximum Gasteiger partial charge on any atom is 0.390 e. The lowest BCUT2D eigenvalue weighted by molar-refractivity contribution is 0.346. The van der Waals surface area contributed by atoms with E-state index < -0.39 is 7.67 Å². The van der Waals surface area contributed by atoms with Gasteiger partial charge in [0.2, 0.25) is 0 Å². The van der Waals surface area contributed by atoms with Crippen molar-refractivity contribution in [2.75, 3.05) is 35.3 Å². The molecule has 6 heteroatoms. The maximum absolute atomic E-state index is 11.9. The normalized spacial score (nSPS) is 17.3. The number of hydrogen-bond acceptors (Lipinski definition) is 2. The number of nitrogens with zero attached hydrogens (tertiary/aromatic N) is 3. The second-order valence-corrected chi connectivity index (χ2v) is 5.41. The van der Waals surface area contributed by atoms with Crippen LogP contribution >= 0.6 is 7.67 Å². The van der Waals surface area contributed by atoms with Crippen LogP contribution in [0.1, 0.15) is 6.92 Å². The van der Waals surface area contributed by atoms with Crippen LogP contribution in [0.3, 0.4) is 0 Å². The van der Waals surface area contributed by atoms with E-state index in [4.69, 9.17) is 4.52 Å². The first kappa shape index (κ1) is 12.6. The van der Waals surface area contributed by atoms with E-state index in [1.807, 2.05) is 14.1 Å². The highest BCUT2D eigenvalue weighted by atomic mass is 31.2. The molecule has 0 aromatic rings. The molecule has 0 aliphatic heterocycles. The molecule has 0 aromatic carbocycles. The van der Waals surface area contributed by atoms with Gasteiger partial charge in [-0.05, 0) is 21.0 Å². The van der Waals surface area contributed by atoms with Gasteiger partial charge in [0.05, 0.1) is 0 Å². The highest BCUT2D eigenvalue weighted by molar-refractivity contribution is 7.55. The minimum Gasteiger partial charge on any atom is -0.366 e. The highest BCUT2D eigenvalue weighted by Gasteiger charge is 2.24. The van der Waals surface area contributed by atoms with Gasteiger partial charge in [-0.1, -0.05) is 0 Å². The fourth-order valence-electron chi connectivity index (χ4n) is 0.566. The Hall–Kier alpha value is -0.380. The van der Waals surface area contributed by atoms with Crippen molar-refractivity contribution in [1.82, 2.24) is 9.57 Å². The Balaban J connectivity index is 4.82. The Morgan fingerprint density at radius 2 is 1.77 bits per heavy atom. The van der Waals surface area contributed by atoms with E-state index in [0.717, 1.165) is 0 Å². The van der Waals surface area contributed by atoms with Gasteiger partial charge in [0.15, 0.2) is 0 Å². The molecule has 0 saturated heterocycles. The number of rotatable bonds is 3. The van der Waals surface area contributed by atoms with Crippen molar-refractivity contribution in [3.05, 3.63) is 0 Å². The Bertz CT molecular complexity index is 238. The molecule has 0 aliphatic carbocycles. The molecule has 13 heavy (non-hydrogen) atoms. The largest absolute Gasteiger partial charge is 0.390 e. The third kappa shape index (κ3) is 3.46. The molecule has 0 bridgehead atoms. The van der Waals surface area contributed by atoms with Gasteiger partial charge < -0.3 is 9.42 Å². The molecule has 0 radical (unpaired) electrons. The molecular formula is C7H18N3O2P. The second kappa shape index (κ2) is 4.74. The molecule has 5 nitrogen and oxygen atoms in total. The molecule has 0 fully saturated rings. The molecule has 0 amide bonds. The van der Waals surface area contributed by atoms with Crippen molar-refractivity contribution in [3.8, 4) is 0 Å². The van der Waals surface area contributed by atoms with E-state index in [-0.39, 0.29) is 0 Å². The summed E-state index contributed by atoms with van der Waals surface area (Å²) in [7, 11) is 5.43. The van der Waals surface area contributed by atoms with Crippen LogP contribution in [0, 0.1) is 0 Å². The van der Waals surface area contributed by atoms with E-state index >= 15 is 0 Å². The molecule has 0 N–H and O–H groups in total. The van der Waals surface area contributed by atoms with Crippen LogP contribution in [0.5, 0.6) is 0 Å². The highest BCUT2D eigenvalue weighted by Crippen LogP contribution is 2.49. The molecule has 78 valence electrons. The fraction of sp³-hybridized carbons (Fsp3) is 0.857. The molecule has 1 atom stereocenters. The van der Waals surface area contributed by atoms with Crippen molar-refractivity contribution in [2.24, 2.45) is 4.76 Å². The van der Waals surface area contributed by atoms with E-state index in [1.165, 1.54) is 11.8 Å². The number of hydrogen-bond donors (Lipinski definition) is 0. The van der Waals surface area contributed by atoms with Gasteiger partial charge in [0, 0.05) is 21.2 Å². The Labute approximate surface area is 79.9 Å². The average molecular weight is 207 g/mol. The maximum atomic E-state index is 11.9. The van der Waals surface area contributed by atoms with Gasteiger partial charge in [-0.2, -0.15) is 4.76 Å². The molecular weight excluding hydrogens is 189 g/mol. The Morgan fingerprint density at radius 1 is 1.31 bits per heavy atom. The van der Waals surface area contributed by atoms with Crippen LogP contribution in [-0.4, -0.2) is 50.7 Å². The van der Waals surface area contributed by atoms with E-state index in [0.29, 0.717) is 5.84 Å². The number of amidine groups is 1. The SMILES string of the molecule is COP(=O)(/N=C(/C)N(C)C)N(C)C. The molecule has 0 aliphatic rings. The summed E-state index contributed by atoms with van der Waals surface area (Å²) in [5.41, 5.74) is 0. The Kier molecular flexibility index (Phi) is 4.61. The summed E-state index contributed by atoms with van der Waals surface area (Å²) in [6, 6.07) is 0. The van der Waals surface area contributed by atoms with E-state index in [2.05, 4.69) is 4.76 Å². The van der Waals surface area contributed by atoms with E-state index in [1.54, 1.807) is 25.9 Å². The van der Waals surface area contributed by atoms with Crippen molar-refractivity contribution in [3.63, 3.8) is 0 Å². The summed E-state index contributed by atoms with van der Waals surface area (Å²) in [5, 5.41) is 0. The van der Waals surface area contributed by atoms with Gasteiger partial charge in [-0.15, -0.1) is 0 Å². The second-order valence-electron chi connectivity index (χ2n) is 3.06. The Morgan fingerprint density at radius 3 is 2.00 bits per heavy atom. The summed E-state index contributed by atoms with van der Waals surface area (Å²) >= 11 is 0. The zero-order chi connectivity index (χ0) is 10.6. The molecule has 1 unspecified atom stereocenters. The predicted octanol–water partition coefficient (Wildman–Crippen LogP) is 1.28. The lowest BCUT2D eigenvalue weighted by Gasteiger charge is -2.20. The summed E-state index contributed by atoms with van der Waals surface area (Å²) in [6.45, 7) is 1.79. The van der Waals surface area contributed by atoms with Crippen molar-refractivity contribution < 1.29 is 9.09 Å². The molecule has 0 rings (SSSR count). The van der Waals surface area contributed by atoms with E-state index in [9.17, 15) is 4.57 Å². The lowest BCUT2D eigenvalue weighted by atomic mass is 10.6. The van der Waals surface area contributed by atoms with Crippen molar-refractivity contribution in [2.45, 2.75) is 6.92 Å². The van der Waals surface area contributed by atoms with Gasteiger partial charge in [-0.25, -0.2) is 9.24 Å². The molecule has 0 heterocycles. The minimum atomic E-state index is -3.00. The van der Waals surface area contributed by atoms with Crippen LogP contribution < -0.4 is 0 Å². The van der Waals surface area contributed by atoms with Crippen LogP contribution in [0.25, 0.3) is 0 Å². The van der Waals surface area contributed by atoms with Crippen LogP contribution in [0.4, 0.5) is 0 Å². The third-order valence-corrected chi connectivity index (χ3v) is 3.69. The third-order valence-electron chi connectivity index (χ3n) is 1.66. The predicted molar refractivity (Wildman–Crippen MR) is 55.1 cm³/mol. The average Bonchev–Trinajstić information content (AvgIpc) is 2.03. The summed E-state index contributed by atoms with van der Waals surface area (Å²) in [5.74, 6) is 0.680. The zero-order valence-electron chi connectivity index (χ0n) is 9.11. The smallest absolute Gasteiger partial charge is 0.366 e. The van der Waals surface area contributed by atoms with Crippen LogP contribution in [0.15, 0.2) is 4.76 Å². The summed E-state index contributed by atoms with van der Waals surface area (Å²) < 4.78 is 22.3. The first-order valence-electron chi connectivity index (χ1n) is 3.91. The summed E-state index contributed by atoms with van der Waals surface area (Å²) in [6.07, 6.45) is 0. The fourth-order valence-corrected chi connectivity index (χ4v) is 1.70. The summed E-state index contributed by atoms with van der Waals surface area (Å²) in [4.78, 5) is 1.79. The zero-order valence-corrected chi connectivity index (χ0v) is 10.00.